The van der Waals surface area contributed by atoms with E-state index in [0.29, 0.717) is 0 Å². The van der Waals surface area contributed by atoms with Gasteiger partial charge in [-0.2, -0.15) is 0 Å². The monoisotopic (exact) mass is 378 g/mol. The Balaban J connectivity index is 2.15. The van der Waals surface area contributed by atoms with Crippen LogP contribution in [0.15, 0.2) is 39.4 Å². The third-order valence-corrected chi connectivity index (χ3v) is 8.09. The molecule has 0 aliphatic heterocycles. The Kier molecular flexibility index (Phi) is 5.18. The summed E-state index contributed by atoms with van der Waals surface area (Å²) < 4.78 is 15.7. The highest BCUT2D eigenvalue weighted by atomic mass is 32.2. The van der Waals surface area contributed by atoms with Gasteiger partial charge < -0.3 is 9.47 Å². The molecule has 6 heteroatoms. The molecule has 0 saturated heterocycles. The summed E-state index contributed by atoms with van der Waals surface area (Å²) in [5, 5.41) is 2.34. The maximum absolute atomic E-state index is 5.62. The Labute approximate surface area is 154 Å². The molecule has 3 rings (SSSR count). The van der Waals surface area contributed by atoms with Crippen LogP contribution in [0.1, 0.15) is 4.88 Å². The van der Waals surface area contributed by atoms with Crippen LogP contribution in [0.3, 0.4) is 0 Å². The summed E-state index contributed by atoms with van der Waals surface area (Å²) in [5.74, 6) is 1.77. The molecule has 0 aliphatic rings. The van der Waals surface area contributed by atoms with E-state index in [9.17, 15) is 0 Å². The number of aryl methyl sites for hydroxylation is 1. The largest absolute Gasteiger partial charge is 0.497 e. The maximum atomic E-state index is 5.62. The highest BCUT2D eigenvalue weighted by Gasteiger charge is 2.15. The third kappa shape index (κ3) is 3.31. The molecule has 0 atom stereocenters. The van der Waals surface area contributed by atoms with Crippen LogP contribution in [0.5, 0.6) is 11.5 Å². The topological polar surface area (TPSA) is 21.5 Å². The molecule has 0 radical (unpaired) electrons. The Bertz CT molecular complexity index is 953. The minimum Gasteiger partial charge on any atom is -0.497 e. The minimum absolute atomic E-state index is 0.869. The Morgan fingerprint density at radius 2 is 1.79 bits per heavy atom. The van der Waals surface area contributed by atoms with Gasteiger partial charge in [0.15, 0.2) is 0 Å². The summed E-state index contributed by atoms with van der Waals surface area (Å²) in [4.78, 5) is 2.49. The van der Waals surface area contributed by atoms with E-state index in [4.69, 9.17) is 9.47 Å². The van der Waals surface area contributed by atoms with Crippen molar-refractivity contribution in [2.45, 2.75) is 16.0 Å². The second kappa shape index (κ2) is 7.17. The summed E-state index contributed by atoms with van der Waals surface area (Å²) >= 11 is 5.44. The molecule has 0 N–H and O–H groups in total. The van der Waals surface area contributed by atoms with Crippen molar-refractivity contribution in [3.8, 4) is 11.5 Å². The van der Waals surface area contributed by atoms with Gasteiger partial charge in [-0.25, -0.2) is 4.58 Å². The van der Waals surface area contributed by atoms with Crippen LogP contribution >= 0.6 is 34.4 Å². The molecule has 3 aromatic rings. The van der Waals surface area contributed by atoms with Gasteiger partial charge in [0.1, 0.15) is 25.6 Å². The Hall–Kier alpha value is -1.50. The summed E-state index contributed by atoms with van der Waals surface area (Å²) in [6.07, 6.45) is 0. The molecular weight excluding hydrogens is 358 g/mol. The number of hydrogen-bond donors (Lipinski definition) is 0. The number of hydrogen-bond acceptors (Lipinski definition) is 5. The third-order valence-electron chi connectivity index (χ3n) is 3.63. The fraction of sp³-hybridized carbons (Fsp3) is 0.278. The molecule has 0 spiro atoms. The normalized spacial score (nSPS) is 10.9. The van der Waals surface area contributed by atoms with E-state index in [-0.39, 0.29) is 0 Å². The molecule has 0 fully saturated rings. The number of methoxy groups -OCH3 is 2. The van der Waals surface area contributed by atoms with Gasteiger partial charge in [-0.15, -0.1) is 0 Å². The standard InChI is InChI=1S/C18H20NO2S3/c1-11-17(24-18(22-11)19(2)3)23-16-14-8-7-13(20-4)10-12(14)6-9-15(16)21-5/h6-10H,1-5H3/q+1. The lowest BCUT2D eigenvalue weighted by Crippen LogP contribution is -2.14. The maximum Gasteiger partial charge on any atom is 0.314 e. The molecule has 0 bridgehead atoms. The van der Waals surface area contributed by atoms with E-state index in [0.717, 1.165) is 21.8 Å². The highest BCUT2D eigenvalue weighted by molar-refractivity contribution is 8.01. The van der Waals surface area contributed by atoms with Crippen LogP contribution in [-0.4, -0.2) is 28.3 Å². The van der Waals surface area contributed by atoms with Gasteiger partial charge in [0.25, 0.3) is 0 Å². The van der Waals surface area contributed by atoms with Crippen molar-refractivity contribution in [2.75, 3.05) is 28.3 Å². The lowest BCUT2D eigenvalue weighted by atomic mass is 10.1. The SMILES string of the molecule is COc1ccc2c(Sc3sc(=[N+](C)C)sc3C)c(OC)ccc2c1. The molecule has 0 saturated carbocycles. The van der Waals surface area contributed by atoms with Gasteiger partial charge in [0.05, 0.1) is 23.3 Å². The van der Waals surface area contributed by atoms with Gasteiger partial charge in [0, 0.05) is 4.88 Å². The molecule has 24 heavy (non-hydrogen) atoms. The first-order chi connectivity index (χ1) is 11.5. The van der Waals surface area contributed by atoms with Crippen molar-refractivity contribution >= 4 is 45.2 Å². The lowest BCUT2D eigenvalue weighted by molar-refractivity contribution is 0.406. The molecule has 126 valence electrons. The average molecular weight is 379 g/mol. The van der Waals surface area contributed by atoms with Crippen LogP contribution < -0.4 is 18.0 Å². The number of fused-ring (bicyclic) bond motifs is 1. The van der Waals surface area contributed by atoms with Crippen molar-refractivity contribution in [1.82, 2.24) is 4.58 Å². The summed E-state index contributed by atoms with van der Waals surface area (Å²) in [6, 6.07) is 10.3. The van der Waals surface area contributed by atoms with Crippen molar-refractivity contribution in [2.24, 2.45) is 0 Å². The quantitative estimate of drug-likeness (QED) is 0.625. The molecule has 1 aromatic heterocycles. The van der Waals surface area contributed by atoms with Gasteiger partial charge in [-0.05, 0) is 53.3 Å². The fourth-order valence-corrected chi connectivity index (χ4v) is 6.36. The van der Waals surface area contributed by atoms with Gasteiger partial charge in [0.2, 0.25) is 0 Å². The molecule has 1 heterocycles. The van der Waals surface area contributed by atoms with Gasteiger partial charge in [-0.1, -0.05) is 29.2 Å². The zero-order chi connectivity index (χ0) is 17.3. The first-order valence-electron chi connectivity index (χ1n) is 7.47. The lowest BCUT2D eigenvalue weighted by Gasteiger charge is -2.12. The van der Waals surface area contributed by atoms with Gasteiger partial charge >= 0.3 is 3.98 Å². The molecule has 0 aliphatic carbocycles. The van der Waals surface area contributed by atoms with Crippen LogP contribution in [0.2, 0.25) is 0 Å². The number of rotatable bonds is 4. The minimum atomic E-state index is 0.869. The zero-order valence-corrected chi connectivity index (χ0v) is 16.8. The number of nitrogens with zero attached hydrogens (tertiary/aromatic N) is 1. The molecule has 2 aromatic carbocycles. The molecule has 0 unspecified atom stereocenters. The fourth-order valence-electron chi connectivity index (χ4n) is 2.36. The first-order valence-corrected chi connectivity index (χ1v) is 9.92. The predicted molar refractivity (Wildman–Crippen MR) is 105 cm³/mol. The van der Waals surface area contributed by atoms with E-state index in [1.165, 1.54) is 18.5 Å². The van der Waals surface area contributed by atoms with E-state index in [1.54, 1.807) is 26.0 Å². The van der Waals surface area contributed by atoms with Gasteiger partial charge in [-0.3, -0.25) is 0 Å². The van der Waals surface area contributed by atoms with E-state index < -0.39 is 0 Å². The molecular formula is C18H20NO2S3+. The van der Waals surface area contributed by atoms with Crippen molar-refractivity contribution in [3.63, 3.8) is 0 Å². The molecule has 0 amide bonds. The second-order valence-electron chi connectivity index (χ2n) is 5.49. The van der Waals surface area contributed by atoms with E-state index >= 15 is 0 Å². The van der Waals surface area contributed by atoms with E-state index in [1.807, 2.05) is 34.8 Å². The molecule has 3 nitrogen and oxygen atoms in total. The summed E-state index contributed by atoms with van der Waals surface area (Å²) in [6.45, 7) is 2.18. The van der Waals surface area contributed by atoms with Crippen LogP contribution in [0.4, 0.5) is 0 Å². The first kappa shape index (κ1) is 17.3. The predicted octanol–water partition coefficient (Wildman–Crippen LogP) is 4.47. The van der Waals surface area contributed by atoms with Crippen molar-refractivity contribution in [1.29, 1.82) is 0 Å². The summed E-state index contributed by atoms with van der Waals surface area (Å²) in [7, 11) is 7.59. The van der Waals surface area contributed by atoms with Crippen LogP contribution in [0.25, 0.3) is 10.8 Å². The second-order valence-corrected chi connectivity index (χ2v) is 9.23. The van der Waals surface area contributed by atoms with Crippen LogP contribution in [-0.2, 0) is 0 Å². The zero-order valence-electron chi connectivity index (χ0n) is 14.4. The Morgan fingerprint density at radius 1 is 1.00 bits per heavy atom. The van der Waals surface area contributed by atoms with E-state index in [2.05, 4.69) is 43.8 Å². The van der Waals surface area contributed by atoms with Crippen LogP contribution in [0, 0.1) is 6.92 Å². The van der Waals surface area contributed by atoms with Crippen molar-refractivity contribution in [3.05, 3.63) is 39.2 Å². The summed E-state index contributed by atoms with van der Waals surface area (Å²) in [5.41, 5.74) is 0. The smallest absolute Gasteiger partial charge is 0.314 e. The van der Waals surface area contributed by atoms with Crippen molar-refractivity contribution < 1.29 is 9.47 Å². The number of ether oxygens (including phenoxy) is 2. The average Bonchev–Trinajstić information content (AvgIpc) is 2.95. The Morgan fingerprint density at radius 3 is 2.42 bits per heavy atom. The highest BCUT2D eigenvalue weighted by Crippen LogP contribution is 2.43. The number of benzene rings is 2.